The van der Waals surface area contributed by atoms with Crippen LogP contribution in [0.1, 0.15) is 61.3 Å². The molecule has 1 aliphatic heterocycles. The van der Waals surface area contributed by atoms with E-state index in [4.69, 9.17) is 16.3 Å². The summed E-state index contributed by atoms with van der Waals surface area (Å²) in [7, 11) is 2.14. The zero-order chi connectivity index (χ0) is 27.8. The molecule has 0 saturated carbocycles. The highest BCUT2D eigenvalue weighted by Crippen LogP contribution is 2.36. The van der Waals surface area contributed by atoms with Crippen LogP contribution in [-0.4, -0.2) is 55.2 Å². The van der Waals surface area contributed by atoms with E-state index in [-0.39, 0.29) is 28.6 Å². The molecule has 3 nitrogen and oxygen atoms in total. The molecular formula is C33H41ClF2N2O. The standard InChI is InChI=1S/C33H41ClF2N2O/c1-25(19-21-39-29-17-11-20-37(3)23-29)38(22-28-16-10-18-31(32(28)34)33(2,35)36)24-30(26-12-6-4-7-13-26)27-14-8-5-9-15-27/h4-10,12-16,18,25,29-30H,11,17,19-24H2,1-3H3/t25-,29?/m1/s1. The van der Waals surface area contributed by atoms with E-state index >= 15 is 0 Å². The monoisotopic (exact) mass is 554 g/mol. The summed E-state index contributed by atoms with van der Waals surface area (Å²) >= 11 is 6.60. The molecule has 3 aromatic rings. The van der Waals surface area contributed by atoms with E-state index in [2.05, 4.69) is 72.3 Å². The summed E-state index contributed by atoms with van der Waals surface area (Å²) in [4.78, 5) is 4.70. The zero-order valence-corrected chi connectivity index (χ0v) is 24.1. The first-order valence-electron chi connectivity index (χ1n) is 14.0. The fraction of sp³-hybridized carbons (Fsp3) is 0.455. The maximum atomic E-state index is 14.3. The highest BCUT2D eigenvalue weighted by Gasteiger charge is 2.29. The van der Waals surface area contributed by atoms with Crippen LogP contribution in [0.3, 0.4) is 0 Å². The molecule has 1 saturated heterocycles. The predicted molar refractivity (Wildman–Crippen MR) is 157 cm³/mol. The lowest BCUT2D eigenvalue weighted by molar-refractivity contribution is -0.00281. The lowest BCUT2D eigenvalue weighted by atomic mass is 9.90. The molecule has 0 bridgehead atoms. The molecule has 2 atom stereocenters. The summed E-state index contributed by atoms with van der Waals surface area (Å²) in [6.45, 7) is 7.07. The molecule has 1 fully saturated rings. The minimum absolute atomic E-state index is 0.123. The summed E-state index contributed by atoms with van der Waals surface area (Å²) in [5.74, 6) is -2.88. The smallest absolute Gasteiger partial charge is 0.271 e. The van der Waals surface area contributed by atoms with Crippen molar-refractivity contribution in [1.29, 1.82) is 0 Å². The van der Waals surface area contributed by atoms with Crippen molar-refractivity contribution in [2.75, 3.05) is 33.3 Å². The van der Waals surface area contributed by atoms with E-state index in [0.29, 0.717) is 13.2 Å². The topological polar surface area (TPSA) is 15.7 Å². The van der Waals surface area contributed by atoms with Crippen molar-refractivity contribution in [3.63, 3.8) is 0 Å². The van der Waals surface area contributed by atoms with Gasteiger partial charge in [-0.2, -0.15) is 0 Å². The van der Waals surface area contributed by atoms with Crippen LogP contribution in [0.15, 0.2) is 78.9 Å². The number of likely N-dealkylation sites (tertiary alicyclic amines) is 1. The molecule has 1 aliphatic rings. The molecule has 1 unspecified atom stereocenters. The molecule has 210 valence electrons. The minimum atomic E-state index is -3.00. The summed E-state index contributed by atoms with van der Waals surface area (Å²) in [5.41, 5.74) is 3.04. The van der Waals surface area contributed by atoms with Gasteiger partial charge in [-0.1, -0.05) is 90.5 Å². The first kappa shape index (κ1) is 29.7. The third-order valence-electron chi connectivity index (χ3n) is 7.84. The van der Waals surface area contributed by atoms with Gasteiger partial charge in [0, 0.05) is 50.7 Å². The number of alkyl halides is 2. The maximum absolute atomic E-state index is 14.3. The van der Waals surface area contributed by atoms with Crippen molar-refractivity contribution in [3.8, 4) is 0 Å². The Morgan fingerprint density at radius 3 is 2.23 bits per heavy atom. The largest absolute Gasteiger partial charge is 0.377 e. The molecular weight excluding hydrogens is 514 g/mol. The van der Waals surface area contributed by atoms with Crippen molar-refractivity contribution in [2.45, 2.75) is 63.6 Å². The fourth-order valence-electron chi connectivity index (χ4n) is 5.51. The first-order chi connectivity index (χ1) is 18.7. The number of benzene rings is 3. The summed E-state index contributed by atoms with van der Waals surface area (Å²) in [6.07, 6.45) is 3.37. The van der Waals surface area contributed by atoms with Crippen LogP contribution in [0.4, 0.5) is 8.78 Å². The molecule has 0 radical (unpaired) electrons. The average molecular weight is 555 g/mol. The summed E-state index contributed by atoms with van der Waals surface area (Å²) in [6, 6.07) is 26.1. The Morgan fingerprint density at radius 2 is 1.64 bits per heavy atom. The second kappa shape index (κ2) is 13.8. The number of rotatable bonds is 12. The average Bonchev–Trinajstić information content (AvgIpc) is 2.92. The predicted octanol–water partition coefficient (Wildman–Crippen LogP) is 7.98. The minimum Gasteiger partial charge on any atom is -0.377 e. The third-order valence-corrected chi connectivity index (χ3v) is 8.29. The van der Waals surface area contributed by atoms with Gasteiger partial charge in [0.2, 0.25) is 0 Å². The van der Waals surface area contributed by atoms with Gasteiger partial charge >= 0.3 is 0 Å². The number of piperidine rings is 1. The Bertz CT molecular complexity index is 1120. The lowest BCUT2D eigenvalue weighted by Gasteiger charge is -2.34. The van der Waals surface area contributed by atoms with E-state index < -0.39 is 5.92 Å². The van der Waals surface area contributed by atoms with Crippen molar-refractivity contribution in [2.24, 2.45) is 0 Å². The lowest BCUT2D eigenvalue weighted by Crippen LogP contribution is -2.39. The Labute approximate surface area is 237 Å². The van der Waals surface area contributed by atoms with Gasteiger partial charge in [0.05, 0.1) is 11.1 Å². The van der Waals surface area contributed by atoms with E-state index in [1.54, 1.807) is 6.07 Å². The SMILES string of the molecule is C[C@H](CCOC1CCCN(C)C1)N(Cc1cccc(C(C)(F)F)c1Cl)CC(c1ccccc1)c1ccccc1. The number of hydrogen-bond acceptors (Lipinski definition) is 3. The van der Waals surface area contributed by atoms with Crippen LogP contribution in [0, 0.1) is 0 Å². The molecule has 6 heteroatoms. The fourth-order valence-corrected chi connectivity index (χ4v) is 5.86. The van der Waals surface area contributed by atoms with Crippen LogP contribution in [-0.2, 0) is 17.2 Å². The van der Waals surface area contributed by atoms with E-state index in [0.717, 1.165) is 51.4 Å². The molecule has 4 rings (SSSR count). The number of likely N-dealkylation sites (N-methyl/N-ethyl adjacent to an activating group) is 1. The van der Waals surface area contributed by atoms with Crippen molar-refractivity contribution < 1.29 is 13.5 Å². The molecule has 1 heterocycles. The third kappa shape index (κ3) is 8.34. The Morgan fingerprint density at radius 1 is 1.00 bits per heavy atom. The Hall–Kier alpha value is -2.31. The highest BCUT2D eigenvalue weighted by atomic mass is 35.5. The molecule has 3 aromatic carbocycles. The van der Waals surface area contributed by atoms with Gasteiger partial charge in [0.15, 0.2) is 0 Å². The van der Waals surface area contributed by atoms with Crippen molar-refractivity contribution >= 4 is 11.6 Å². The molecule has 0 N–H and O–H groups in total. The highest BCUT2D eigenvalue weighted by molar-refractivity contribution is 6.32. The molecule has 0 amide bonds. The number of halogens is 3. The van der Waals surface area contributed by atoms with Crippen LogP contribution in [0.25, 0.3) is 0 Å². The van der Waals surface area contributed by atoms with Crippen LogP contribution in [0.5, 0.6) is 0 Å². The van der Waals surface area contributed by atoms with Crippen LogP contribution in [0.2, 0.25) is 5.02 Å². The zero-order valence-electron chi connectivity index (χ0n) is 23.3. The van der Waals surface area contributed by atoms with E-state index in [1.165, 1.54) is 17.2 Å². The van der Waals surface area contributed by atoms with Crippen LogP contribution < -0.4 is 0 Å². The van der Waals surface area contributed by atoms with Gasteiger partial charge < -0.3 is 9.64 Å². The van der Waals surface area contributed by atoms with Gasteiger partial charge in [0.1, 0.15) is 0 Å². The Kier molecular flexibility index (Phi) is 10.5. The van der Waals surface area contributed by atoms with Gasteiger partial charge in [-0.25, -0.2) is 8.78 Å². The number of ether oxygens (including phenoxy) is 1. The van der Waals surface area contributed by atoms with Crippen molar-refractivity contribution in [1.82, 2.24) is 9.80 Å². The summed E-state index contributed by atoms with van der Waals surface area (Å²) in [5, 5.41) is 0.152. The molecule has 0 aromatic heterocycles. The maximum Gasteiger partial charge on any atom is 0.271 e. The summed E-state index contributed by atoms with van der Waals surface area (Å²) < 4.78 is 34.9. The normalized spacial score (nSPS) is 17.6. The molecule has 0 aliphatic carbocycles. The second-order valence-corrected chi connectivity index (χ2v) is 11.4. The van der Waals surface area contributed by atoms with E-state index in [1.807, 2.05) is 18.2 Å². The van der Waals surface area contributed by atoms with Gasteiger partial charge in [-0.3, -0.25) is 4.90 Å². The van der Waals surface area contributed by atoms with Gasteiger partial charge in [-0.15, -0.1) is 0 Å². The number of nitrogens with zero attached hydrogens (tertiary/aromatic N) is 2. The first-order valence-corrected chi connectivity index (χ1v) is 14.4. The number of hydrogen-bond donors (Lipinski definition) is 0. The quantitative estimate of drug-likeness (QED) is 0.226. The van der Waals surface area contributed by atoms with Crippen molar-refractivity contribution in [3.05, 3.63) is 106 Å². The van der Waals surface area contributed by atoms with Gasteiger partial charge in [-0.05, 0) is 56.5 Å². The van der Waals surface area contributed by atoms with Crippen LogP contribution >= 0.6 is 11.6 Å². The molecule has 39 heavy (non-hydrogen) atoms. The molecule has 0 spiro atoms. The van der Waals surface area contributed by atoms with E-state index in [9.17, 15) is 8.78 Å². The van der Waals surface area contributed by atoms with Gasteiger partial charge in [0.25, 0.3) is 5.92 Å². The Balaban J connectivity index is 1.58. The second-order valence-electron chi connectivity index (χ2n) is 11.0.